The van der Waals surface area contributed by atoms with Crippen LogP contribution >= 0.6 is 0 Å². The maximum absolute atomic E-state index is 13.1. The highest BCUT2D eigenvalue weighted by atomic mass is 32.2. The minimum Gasteiger partial charge on any atom is -0.371 e. The number of carbonyl (C=O) groups excluding carboxylic acids is 1. The van der Waals surface area contributed by atoms with Crippen LogP contribution in [0, 0.1) is 13.8 Å². The van der Waals surface area contributed by atoms with E-state index in [-0.39, 0.29) is 17.7 Å². The van der Waals surface area contributed by atoms with Gasteiger partial charge in [-0.1, -0.05) is 6.92 Å². The SMILES string of the molecule is CCS(=O)(=O)c1ccc(N2CCC(NC(=O)c3cc(C)nc4c3c(C)nn4C)CC2)cc1. The number of rotatable bonds is 5. The highest BCUT2D eigenvalue weighted by Gasteiger charge is 2.24. The Hall–Kier alpha value is -2.94. The first-order valence-corrected chi connectivity index (χ1v) is 12.5. The third kappa shape index (κ3) is 4.21. The van der Waals surface area contributed by atoms with E-state index in [2.05, 4.69) is 20.3 Å². The first-order chi connectivity index (χ1) is 15.2. The summed E-state index contributed by atoms with van der Waals surface area (Å²) >= 11 is 0. The molecule has 3 aromatic rings. The minimum absolute atomic E-state index is 0.0824. The first-order valence-electron chi connectivity index (χ1n) is 10.9. The van der Waals surface area contributed by atoms with Crippen molar-refractivity contribution in [2.24, 2.45) is 7.05 Å². The smallest absolute Gasteiger partial charge is 0.252 e. The van der Waals surface area contributed by atoms with Crippen molar-refractivity contribution >= 4 is 32.5 Å². The molecule has 4 rings (SSSR count). The molecule has 0 unspecified atom stereocenters. The van der Waals surface area contributed by atoms with Crippen LogP contribution in [0.25, 0.3) is 11.0 Å². The Balaban J connectivity index is 1.43. The molecule has 170 valence electrons. The molecule has 1 saturated heterocycles. The van der Waals surface area contributed by atoms with Crippen LogP contribution in [0.3, 0.4) is 0 Å². The Labute approximate surface area is 188 Å². The average molecular weight is 456 g/mol. The van der Waals surface area contributed by atoms with Crippen molar-refractivity contribution in [1.29, 1.82) is 0 Å². The fourth-order valence-electron chi connectivity index (χ4n) is 4.33. The Kier molecular flexibility index (Phi) is 5.94. The molecule has 0 saturated carbocycles. The van der Waals surface area contributed by atoms with Gasteiger partial charge in [0.15, 0.2) is 15.5 Å². The van der Waals surface area contributed by atoms with Gasteiger partial charge in [0.25, 0.3) is 5.91 Å². The number of nitrogens with one attached hydrogen (secondary N) is 1. The van der Waals surface area contributed by atoms with Gasteiger partial charge in [-0.2, -0.15) is 5.10 Å². The van der Waals surface area contributed by atoms with Crippen molar-refractivity contribution in [3.63, 3.8) is 0 Å². The van der Waals surface area contributed by atoms with Gasteiger partial charge >= 0.3 is 0 Å². The van der Waals surface area contributed by atoms with E-state index >= 15 is 0 Å². The molecule has 2 aromatic heterocycles. The molecule has 1 aromatic carbocycles. The van der Waals surface area contributed by atoms with Crippen LogP contribution in [0.2, 0.25) is 0 Å². The molecule has 3 heterocycles. The summed E-state index contributed by atoms with van der Waals surface area (Å²) in [5.74, 6) is 0.00318. The predicted molar refractivity (Wildman–Crippen MR) is 125 cm³/mol. The molecule has 0 aliphatic carbocycles. The summed E-state index contributed by atoms with van der Waals surface area (Å²) in [6.07, 6.45) is 1.64. The monoisotopic (exact) mass is 455 g/mol. The number of carbonyl (C=O) groups is 1. The summed E-state index contributed by atoms with van der Waals surface area (Å²) < 4.78 is 25.7. The van der Waals surface area contributed by atoms with E-state index in [9.17, 15) is 13.2 Å². The maximum atomic E-state index is 13.1. The summed E-state index contributed by atoms with van der Waals surface area (Å²) in [5.41, 5.74) is 3.92. The number of sulfone groups is 1. The molecule has 0 spiro atoms. The van der Waals surface area contributed by atoms with Crippen LogP contribution in [0.15, 0.2) is 35.2 Å². The van der Waals surface area contributed by atoms with Gasteiger partial charge in [0.2, 0.25) is 0 Å². The molecule has 1 N–H and O–H groups in total. The second kappa shape index (κ2) is 8.54. The van der Waals surface area contributed by atoms with Crippen molar-refractivity contribution in [2.45, 2.75) is 44.6 Å². The number of benzene rings is 1. The second-order valence-corrected chi connectivity index (χ2v) is 10.6. The van der Waals surface area contributed by atoms with E-state index in [1.54, 1.807) is 23.7 Å². The van der Waals surface area contributed by atoms with Gasteiger partial charge in [0, 0.05) is 37.6 Å². The van der Waals surface area contributed by atoms with Crippen LogP contribution in [-0.4, -0.2) is 54.0 Å². The number of anilines is 1. The number of pyridine rings is 1. The van der Waals surface area contributed by atoms with Crippen molar-refractivity contribution in [1.82, 2.24) is 20.1 Å². The van der Waals surface area contributed by atoms with Crippen LogP contribution in [0.5, 0.6) is 0 Å². The third-order valence-electron chi connectivity index (χ3n) is 6.11. The summed E-state index contributed by atoms with van der Waals surface area (Å²) in [7, 11) is -1.35. The molecule has 8 nitrogen and oxygen atoms in total. The largest absolute Gasteiger partial charge is 0.371 e. The van der Waals surface area contributed by atoms with Gasteiger partial charge in [0.1, 0.15) is 0 Å². The number of aromatic nitrogens is 3. The van der Waals surface area contributed by atoms with Crippen LogP contribution in [0.4, 0.5) is 5.69 Å². The zero-order valence-electron chi connectivity index (χ0n) is 18.9. The summed E-state index contributed by atoms with van der Waals surface area (Å²) in [6.45, 7) is 7.01. The van der Waals surface area contributed by atoms with Gasteiger partial charge < -0.3 is 10.2 Å². The molecule has 1 amide bonds. The van der Waals surface area contributed by atoms with Crippen molar-refractivity contribution in [3.8, 4) is 0 Å². The van der Waals surface area contributed by atoms with E-state index in [1.165, 1.54) is 0 Å². The number of hydrogen-bond acceptors (Lipinski definition) is 6. The number of hydrogen-bond donors (Lipinski definition) is 1. The first kappa shape index (κ1) is 22.3. The normalized spacial score (nSPS) is 15.3. The van der Waals surface area contributed by atoms with E-state index in [0.717, 1.165) is 54.0 Å². The summed E-state index contributed by atoms with van der Waals surface area (Å²) in [4.78, 5) is 20.2. The zero-order valence-corrected chi connectivity index (χ0v) is 19.7. The third-order valence-corrected chi connectivity index (χ3v) is 7.86. The molecule has 0 radical (unpaired) electrons. The number of piperidine rings is 1. The molecule has 32 heavy (non-hydrogen) atoms. The minimum atomic E-state index is -3.19. The van der Waals surface area contributed by atoms with Crippen molar-refractivity contribution in [3.05, 3.63) is 47.3 Å². The lowest BCUT2D eigenvalue weighted by molar-refractivity contribution is 0.0932. The van der Waals surface area contributed by atoms with Gasteiger partial charge in [-0.05, 0) is 57.0 Å². The van der Waals surface area contributed by atoms with Crippen LogP contribution in [0.1, 0.15) is 41.5 Å². The molecular formula is C23H29N5O3S. The Morgan fingerprint density at radius 1 is 1.16 bits per heavy atom. The predicted octanol–water partition coefficient (Wildman–Crippen LogP) is 2.78. The van der Waals surface area contributed by atoms with Crippen LogP contribution in [-0.2, 0) is 16.9 Å². The van der Waals surface area contributed by atoms with Crippen molar-refractivity contribution in [2.75, 3.05) is 23.7 Å². The molecule has 0 atom stereocenters. The standard InChI is InChI=1S/C23H29N5O3S/c1-5-32(30,31)19-8-6-18(7-9-19)28-12-10-17(11-13-28)25-23(29)20-14-15(2)24-22-21(20)16(3)26-27(22)4/h6-9,14,17H,5,10-13H2,1-4H3,(H,25,29). The Bertz CT molecular complexity index is 1260. The molecular weight excluding hydrogens is 426 g/mol. The number of amides is 1. The van der Waals surface area contributed by atoms with Gasteiger partial charge in [-0.25, -0.2) is 13.4 Å². The number of aryl methyl sites for hydroxylation is 3. The summed E-state index contributed by atoms with van der Waals surface area (Å²) in [6, 6.07) is 8.99. The topological polar surface area (TPSA) is 97.2 Å². The molecule has 0 bridgehead atoms. The van der Waals surface area contributed by atoms with Crippen LogP contribution < -0.4 is 10.2 Å². The van der Waals surface area contributed by atoms with E-state index in [0.29, 0.717) is 10.5 Å². The lowest BCUT2D eigenvalue weighted by Gasteiger charge is -2.34. The average Bonchev–Trinajstić information content (AvgIpc) is 3.07. The molecule has 1 aliphatic heterocycles. The Morgan fingerprint density at radius 2 is 1.81 bits per heavy atom. The lowest BCUT2D eigenvalue weighted by Crippen LogP contribution is -2.44. The Morgan fingerprint density at radius 3 is 2.44 bits per heavy atom. The van der Waals surface area contributed by atoms with Gasteiger partial charge in [-0.3, -0.25) is 9.48 Å². The molecule has 1 aliphatic rings. The lowest BCUT2D eigenvalue weighted by atomic mass is 10.0. The number of nitrogens with zero attached hydrogens (tertiary/aromatic N) is 4. The van der Waals surface area contributed by atoms with E-state index in [4.69, 9.17) is 0 Å². The van der Waals surface area contributed by atoms with Gasteiger partial charge in [-0.15, -0.1) is 0 Å². The van der Waals surface area contributed by atoms with E-state index < -0.39 is 9.84 Å². The van der Waals surface area contributed by atoms with Gasteiger partial charge in [0.05, 0.1) is 27.3 Å². The fourth-order valence-corrected chi connectivity index (χ4v) is 5.21. The van der Waals surface area contributed by atoms with Crippen molar-refractivity contribution < 1.29 is 13.2 Å². The molecule has 1 fully saturated rings. The number of fused-ring (bicyclic) bond motifs is 1. The maximum Gasteiger partial charge on any atom is 0.252 e. The highest BCUT2D eigenvalue weighted by Crippen LogP contribution is 2.24. The quantitative estimate of drug-likeness (QED) is 0.635. The fraction of sp³-hybridized carbons (Fsp3) is 0.435. The summed E-state index contributed by atoms with van der Waals surface area (Å²) in [5, 5.41) is 8.41. The van der Waals surface area contributed by atoms with E-state index in [1.807, 2.05) is 39.1 Å². The highest BCUT2D eigenvalue weighted by molar-refractivity contribution is 7.91. The second-order valence-electron chi connectivity index (χ2n) is 8.35. The molecule has 9 heteroatoms. The zero-order chi connectivity index (χ0) is 23.0.